The first kappa shape index (κ1) is 18.2. The van der Waals surface area contributed by atoms with Gasteiger partial charge in [0.2, 0.25) is 5.91 Å². The van der Waals surface area contributed by atoms with Crippen molar-refractivity contribution >= 4 is 18.3 Å². The minimum atomic E-state index is -0.00194. The Hall–Kier alpha value is -1.10. The van der Waals surface area contributed by atoms with E-state index in [1.165, 1.54) is 11.1 Å². The van der Waals surface area contributed by atoms with Gasteiger partial charge in [0, 0.05) is 6.54 Å². The zero-order chi connectivity index (χ0) is 15.5. The van der Waals surface area contributed by atoms with Crippen LogP contribution in [-0.4, -0.2) is 43.1 Å². The molecule has 23 heavy (non-hydrogen) atoms. The van der Waals surface area contributed by atoms with Crippen LogP contribution >= 0.6 is 12.4 Å². The van der Waals surface area contributed by atoms with Crippen LogP contribution in [0.5, 0.6) is 0 Å². The lowest BCUT2D eigenvalue weighted by molar-refractivity contribution is -0.149. The summed E-state index contributed by atoms with van der Waals surface area (Å²) >= 11 is 0. The van der Waals surface area contributed by atoms with Crippen LogP contribution < -0.4 is 5.32 Å². The second-order valence-corrected chi connectivity index (χ2v) is 6.56. The highest BCUT2D eigenvalue weighted by atomic mass is 35.5. The molecule has 3 unspecified atom stereocenters. The molecule has 2 fully saturated rings. The van der Waals surface area contributed by atoms with Crippen LogP contribution in [0, 0.1) is 12.8 Å². The number of benzene rings is 1. The molecular weight excluding hydrogens is 312 g/mol. The molecule has 1 aromatic rings. The number of amides is 1. The number of ether oxygens (including phenoxy) is 1. The van der Waals surface area contributed by atoms with Gasteiger partial charge in [-0.15, -0.1) is 12.4 Å². The summed E-state index contributed by atoms with van der Waals surface area (Å²) in [6.45, 7) is 7.33. The van der Waals surface area contributed by atoms with Crippen LogP contribution in [0.1, 0.15) is 37.0 Å². The number of nitrogens with zero attached hydrogens (tertiary/aromatic N) is 1. The Labute approximate surface area is 145 Å². The first-order valence-corrected chi connectivity index (χ1v) is 8.35. The largest absolute Gasteiger partial charge is 0.370 e. The van der Waals surface area contributed by atoms with Gasteiger partial charge in [-0.2, -0.15) is 0 Å². The Morgan fingerprint density at radius 3 is 2.83 bits per heavy atom. The molecule has 0 saturated carbocycles. The molecule has 1 amide bonds. The van der Waals surface area contributed by atoms with Crippen LogP contribution in [-0.2, 0) is 9.53 Å². The number of nitrogens with one attached hydrogen (secondary N) is 1. The average Bonchev–Trinajstić information content (AvgIpc) is 2.56. The predicted molar refractivity (Wildman–Crippen MR) is 93.9 cm³/mol. The van der Waals surface area contributed by atoms with Crippen molar-refractivity contribution in [2.45, 2.75) is 38.8 Å². The molecule has 0 aliphatic carbocycles. The van der Waals surface area contributed by atoms with Gasteiger partial charge in [0.1, 0.15) is 6.10 Å². The minimum Gasteiger partial charge on any atom is -0.370 e. The monoisotopic (exact) mass is 338 g/mol. The summed E-state index contributed by atoms with van der Waals surface area (Å²) < 4.78 is 6.02. The summed E-state index contributed by atoms with van der Waals surface area (Å²) in [4.78, 5) is 14.9. The van der Waals surface area contributed by atoms with Crippen molar-refractivity contribution < 1.29 is 9.53 Å². The molecule has 4 nitrogen and oxygen atoms in total. The Morgan fingerprint density at radius 2 is 2.13 bits per heavy atom. The fourth-order valence-corrected chi connectivity index (χ4v) is 3.50. The molecule has 2 aliphatic rings. The molecule has 0 bridgehead atoms. The molecule has 128 valence electrons. The van der Waals surface area contributed by atoms with E-state index in [1.807, 2.05) is 17.0 Å². The zero-order valence-corrected chi connectivity index (χ0v) is 14.8. The smallest absolute Gasteiger partial charge is 0.227 e. The summed E-state index contributed by atoms with van der Waals surface area (Å²) in [6.07, 6.45) is 2.10. The van der Waals surface area contributed by atoms with Crippen molar-refractivity contribution in [2.75, 3.05) is 26.2 Å². The van der Waals surface area contributed by atoms with E-state index in [-0.39, 0.29) is 30.5 Å². The summed E-state index contributed by atoms with van der Waals surface area (Å²) in [5.41, 5.74) is 2.43. The van der Waals surface area contributed by atoms with E-state index in [2.05, 4.69) is 31.3 Å². The van der Waals surface area contributed by atoms with E-state index >= 15 is 0 Å². The van der Waals surface area contributed by atoms with Gasteiger partial charge in [-0.1, -0.05) is 24.3 Å². The maximum Gasteiger partial charge on any atom is 0.227 e. The standard InChI is InChI=1S/C18H26N2O2.ClH/c1-13-6-3-4-8-16(13)17-11-20(14(2)12-22-17)18(21)15-7-5-9-19-10-15;/h3-4,6,8,14-15,17,19H,5,7,9-12H2,1-2H3;1H. The Bertz CT molecular complexity index is 532. The molecule has 2 heterocycles. The number of aryl methyl sites for hydroxylation is 1. The average molecular weight is 339 g/mol. The van der Waals surface area contributed by atoms with Crippen LogP contribution in [0.2, 0.25) is 0 Å². The number of carbonyl (C=O) groups is 1. The Balaban J connectivity index is 0.00000192. The lowest BCUT2D eigenvalue weighted by Gasteiger charge is -2.40. The van der Waals surface area contributed by atoms with Crippen molar-refractivity contribution in [3.63, 3.8) is 0 Å². The normalized spacial score (nSPS) is 28.1. The molecule has 3 atom stereocenters. The number of morpholine rings is 1. The summed E-state index contributed by atoms with van der Waals surface area (Å²) in [5.74, 6) is 0.424. The molecule has 0 aromatic heterocycles. The van der Waals surface area contributed by atoms with Gasteiger partial charge in [0.15, 0.2) is 0 Å². The molecule has 2 aliphatic heterocycles. The summed E-state index contributed by atoms with van der Waals surface area (Å²) in [6, 6.07) is 8.46. The van der Waals surface area contributed by atoms with Crippen molar-refractivity contribution in [1.29, 1.82) is 0 Å². The summed E-state index contributed by atoms with van der Waals surface area (Å²) in [5, 5.41) is 3.34. The second kappa shape index (κ2) is 8.13. The number of piperidine rings is 1. The first-order chi connectivity index (χ1) is 10.7. The molecule has 1 N–H and O–H groups in total. The molecule has 1 aromatic carbocycles. The molecule has 2 saturated heterocycles. The lowest BCUT2D eigenvalue weighted by Crippen LogP contribution is -2.52. The van der Waals surface area contributed by atoms with Gasteiger partial charge in [0.05, 0.1) is 25.1 Å². The minimum absolute atomic E-state index is 0. The maximum absolute atomic E-state index is 12.9. The lowest BCUT2D eigenvalue weighted by atomic mass is 9.95. The van der Waals surface area contributed by atoms with E-state index < -0.39 is 0 Å². The van der Waals surface area contributed by atoms with E-state index in [0.29, 0.717) is 19.1 Å². The number of hydrogen-bond donors (Lipinski definition) is 1. The SMILES string of the molecule is Cc1ccccc1C1CN(C(=O)C2CCCNC2)C(C)CO1.Cl. The highest BCUT2D eigenvalue weighted by molar-refractivity contribution is 5.85. The van der Waals surface area contributed by atoms with Crippen molar-refractivity contribution in [3.8, 4) is 0 Å². The quantitative estimate of drug-likeness (QED) is 0.901. The Morgan fingerprint density at radius 1 is 1.35 bits per heavy atom. The van der Waals surface area contributed by atoms with Crippen LogP contribution in [0.4, 0.5) is 0 Å². The zero-order valence-electron chi connectivity index (χ0n) is 14.0. The third-order valence-corrected chi connectivity index (χ3v) is 4.90. The van der Waals surface area contributed by atoms with Gasteiger partial charge in [0.25, 0.3) is 0 Å². The van der Waals surface area contributed by atoms with Gasteiger partial charge < -0.3 is 15.0 Å². The van der Waals surface area contributed by atoms with E-state index in [1.54, 1.807) is 0 Å². The van der Waals surface area contributed by atoms with Gasteiger partial charge in [-0.3, -0.25) is 4.79 Å². The molecule has 3 rings (SSSR count). The van der Waals surface area contributed by atoms with Crippen LogP contribution in [0.3, 0.4) is 0 Å². The highest BCUT2D eigenvalue weighted by Gasteiger charge is 2.34. The van der Waals surface area contributed by atoms with Gasteiger partial charge >= 0.3 is 0 Å². The van der Waals surface area contributed by atoms with Crippen LogP contribution in [0.15, 0.2) is 24.3 Å². The third kappa shape index (κ3) is 4.06. The van der Waals surface area contributed by atoms with Crippen molar-refractivity contribution in [1.82, 2.24) is 10.2 Å². The number of rotatable bonds is 2. The van der Waals surface area contributed by atoms with Crippen LogP contribution in [0.25, 0.3) is 0 Å². The van der Waals surface area contributed by atoms with Crippen molar-refractivity contribution in [3.05, 3.63) is 35.4 Å². The first-order valence-electron chi connectivity index (χ1n) is 8.35. The fraction of sp³-hybridized carbons (Fsp3) is 0.611. The summed E-state index contributed by atoms with van der Waals surface area (Å²) in [7, 11) is 0. The van der Waals surface area contributed by atoms with Crippen molar-refractivity contribution in [2.24, 2.45) is 5.92 Å². The number of halogens is 1. The third-order valence-electron chi connectivity index (χ3n) is 4.90. The molecular formula is C18H27ClN2O2. The number of hydrogen-bond acceptors (Lipinski definition) is 3. The predicted octanol–water partition coefficient (Wildman–Crippen LogP) is 2.70. The molecule has 5 heteroatoms. The molecule has 0 spiro atoms. The van der Waals surface area contributed by atoms with E-state index in [4.69, 9.17) is 4.74 Å². The van der Waals surface area contributed by atoms with Gasteiger partial charge in [-0.25, -0.2) is 0 Å². The topological polar surface area (TPSA) is 41.6 Å². The highest BCUT2D eigenvalue weighted by Crippen LogP contribution is 2.28. The van der Waals surface area contributed by atoms with E-state index in [9.17, 15) is 4.79 Å². The molecule has 0 radical (unpaired) electrons. The fourth-order valence-electron chi connectivity index (χ4n) is 3.50. The van der Waals surface area contributed by atoms with Gasteiger partial charge in [-0.05, 0) is 44.4 Å². The number of carbonyl (C=O) groups excluding carboxylic acids is 1. The maximum atomic E-state index is 12.9. The Kier molecular flexibility index (Phi) is 6.45. The second-order valence-electron chi connectivity index (χ2n) is 6.56. The van der Waals surface area contributed by atoms with E-state index in [0.717, 1.165) is 25.9 Å².